The summed E-state index contributed by atoms with van der Waals surface area (Å²) >= 11 is 0. The van der Waals surface area contributed by atoms with Crippen LogP contribution in [0.5, 0.6) is 0 Å². The molecule has 0 radical (unpaired) electrons. The van der Waals surface area contributed by atoms with Crippen molar-refractivity contribution in [3.05, 3.63) is 23.6 Å². The summed E-state index contributed by atoms with van der Waals surface area (Å²) in [6.07, 6.45) is 2.98. The van der Waals surface area contributed by atoms with Crippen molar-refractivity contribution >= 4 is 0 Å². The molecule has 1 saturated heterocycles. The highest BCUT2D eigenvalue weighted by Crippen LogP contribution is 2.30. The summed E-state index contributed by atoms with van der Waals surface area (Å²) < 4.78 is 13.1. The van der Waals surface area contributed by atoms with Crippen LogP contribution in [0, 0.1) is 6.92 Å². The number of rotatable bonds is 2. The number of fused-ring (bicyclic) bond motifs is 3. The third kappa shape index (κ3) is 2.01. The minimum atomic E-state index is 0.221. The zero-order valence-corrected chi connectivity index (χ0v) is 11.3. The average Bonchev–Trinajstić information content (AvgIpc) is 3.07. The van der Waals surface area contributed by atoms with Crippen LogP contribution in [0.4, 0.5) is 0 Å². The molecule has 0 bridgehead atoms. The van der Waals surface area contributed by atoms with Gasteiger partial charge in [0, 0.05) is 13.1 Å². The Morgan fingerprint density at radius 3 is 3.25 bits per heavy atom. The smallest absolute Gasteiger partial charge is 0.240 e. The number of hydrogen-bond acceptors (Lipinski definition) is 7. The first-order valence-electron chi connectivity index (χ1n) is 6.82. The van der Waals surface area contributed by atoms with Crippen LogP contribution in [0.2, 0.25) is 0 Å². The molecule has 0 aromatic carbocycles. The molecule has 2 aromatic rings. The Kier molecular flexibility index (Phi) is 2.78. The van der Waals surface area contributed by atoms with Crippen LogP contribution >= 0.6 is 0 Å². The summed E-state index contributed by atoms with van der Waals surface area (Å²) in [7, 11) is 0. The number of ether oxygens (including phenoxy) is 1. The lowest BCUT2D eigenvalue weighted by molar-refractivity contribution is -0.0681. The molecule has 2 aliphatic heterocycles. The van der Waals surface area contributed by atoms with E-state index in [1.54, 1.807) is 6.20 Å². The standard InChI is InChI=1S/C12H16N6O2/c1-8-14-12(20-15-8)6-17-3-2-11-10(5-17)18-9(7-19-11)4-13-16-18/h4,10-11H,2-3,5-7H2,1H3/t10-,11-/m0/s1. The second-order valence-electron chi connectivity index (χ2n) is 5.35. The SMILES string of the molecule is Cc1noc(CN2CC[C@@H]3OCc4cnnn4[C@H]3C2)n1. The lowest BCUT2D eigenvalue weighted by atomic mass is 10.0. The highest BCUT2D eigenvalue weighted by atomic mass is 16.5. The third-order valence-electron chi connectivity index (χ3n) is 3.94. The Labute approximate surface area is 115 Å². The second-order valence-corrected chi connectivity index (χ2v) is 5.35. The van der Waals surface area contributed by atoms with Gasteiger partial charge in [-0.1, -0.05) is 10.4 Å². The summed E-state index contributed by atoms with van der Waals surface area (Å²) in [5.41, 5.74) is 1.04. The first kappa shape index (κ1) is 12.0. The molecule has 8 nitrogen and oxygen atoms in total. The molecular formula is C12H16N6O2. The maximum atomic E-state index is 5.89. The number of aryl methyl sites for hydroxylation is 1. The Bertz CT molecular complexity index is 609. The molecule has 0 saturated carbocycles. The predicted molar refractivity (Wildman–Crippen MR) is 66.6 cm³/mol. The number of piperidine rings is 1. The fourth-order valence-corrected chi connectivity index (χ4v) is 2.98. The van der Waals surface area contributed by atoms with Crippen molar-refractivity contribution in [2.24, 2.45) is 0 Å². The van der Waals surface area contributed by atoms with Crippen LogP contribution in [-0.4, -0.2) is 49.2 Å². The van der Waals surface area contributed by atoms with Gasteiger partial charge in [0.1, 0.15) is 0 Å². The summed E-state index contributed by atoms with van der Waals surface area (Å²) in [5, 5.41) is 12.0. The Hall–Kier alpha value is -1.80. The Morgan fingerprint density at radius 1 is 1.45 bits per heavy atom. The summed E-state index contributed by atoms with van der Waals surface area (Å²) in [4.78, 5) is 6.56. The van der Waals surface area contributed by atoms with Gasteiger partial charge in [0.15, 0.2) is 5.82 Å². The van der Waals surface area contributed by atoms with Crippen molar-refractivity contribution in [1.82, 2.24) is 30.0 Å². The van der Waals surface area contributed by atoms with Crippen molar-refractivity contribution in [3.8, 4) is 0 Å². The van der Waals surface area contributed by atoms with Gasteiger partial charge in [0.2, 0.25) is 5.89 Å². The molecular weight excluding hydrogens is 260 g/mol. The Morgan fingerprint density at radius 2 is 2.40 bits per heavy atom. The maximum absolute atomic E-state index is 5.89. The van der Waals surface area contributed by atoms with Crippen molar-refractivity contribution in [1.29, 1.82) is 0 Å². The molecule has 0 N–H and O–H groups in total. The van der Waals surface area contributed by atoms with E-state index >= 15 is 0 Å². The molecule has 1 fully saturated rings. The van der Waals surface area contributed by atoms with Crippen molar-refractivity contribution in [2.75, 3.05) is 13.1 Å². The fraction of sp³-hybridized carbons (Fsp3) is 0.667. The number of hydrogen-bond donors (Lipinski definition) is 0. The minimum absolute atomic E-state index is 0.221. The van der Waals surface area contributed by atoms with Crippen LogP contribution < -0.4 is 0 Å². The summed E-state index contributed by atoms with van der Waals surface area (Å²) in [6.45, 7) is 4.94. The van der Waals surface area contributed by atoms with E-state index in [2.05, 4.69) is 25.4 Å². The van der Waals surface area contributed by atoms with Crippen LogP contribution in [0.15, 0.2) is 10.7 Å². The Balaban J connectivity index is 1.51. The maximum Gasteiger partial charge on any atom is 0.240 e. The lowest BCUT2D eigenvalue weighted by Crippen LogP contribution is -2.47. The zero-order valence-electron chi connectivity index (χ0n) is 11.3. The molecule has 0 amide bonds. The second kappa shape index (κ2) is 4.64. The van der Waals surface area contributed by atoms with E-state index in [4.69, 9.17) is 9.26 Å². The first-order valence-corrected chi connectivity index (χ1v) is 6.82. The van der Waals surface area contributed by atoms with Crippen molar-refractivity contribution in [3.63, 3.8) is 0 Å². The molecule has 0 unspecified atom stereocenters. The van der Waals surface area contributed by atoms with E-state index in [0.29, 0.717) is 24.9 Å². The van der Waals surface area contributed by atoms with Crippen LogP contribution in [0.1, 0.15) is 29.9 Å². The molecule has 0 aliphatic carbocycles. The predicted octanol–water partition coefficient (Wildman–Crippen LogP) is 0.315. The van der Waals surface area contributed by atoms with Crippen LogP contribution in [-0.2, 0) is 17.9 Å². The average molecular weight is 276 g/mol. The molecule has 2 aromatic heterocycles. The van der Waals surface area contributed by atoms with Gasteiger partial charge in [-0.2, -0.15) is 4.98 Å². The highest BCUT2D eigenvalue weighted by Gasteiger charge is 2.36. The lowest BCUT2D eigenvalue weighted by Gasteiger charge is -2.40. The molecule has 8 heteroatoms. The molecule has 0 spiro atoms. The molecule has 2 atom stereocenters. The van der Waals surface area contributed by atoms with E-state index in [0.717, 1.165) is 25.2 Å². The van der Waals surface area contributed by atoms with Gasteiger partial charge < -0.3 is 9.26 Å². The normalized spacial score (nSPS) is 26.2. The molecule has 106 valence electrons. The highest BCUT2D eigenvalue weighted by molar-refractivity contribution is 5.01. The first-order chi connectivity index (χ1) is 9.79. The quantitative estimate of drug-likeness (QED) is 0.781. The minimum Gasteiger partial charge on any atom is -0.370 e. The van der Waals surface area contributed by atoms with Gasteiger partial charge in [-0.3, -0.25) is 4.90 Å². The monoisotopic (exact) mass is 276 g/mol. The van der Waals surface area contributed by atoms with Crippen molar-refractivity contribution < 1.29 is 9.26 Å². The number of nitrogens with zero attached hydrogens (tertiary/aromatic N) is 6. The largest absolute Gasteiger partial charge is 0.370 e. The topological polar surface area (TPSA) is 82.1 Å². The van der Waals surface area contributed by atoms with Gasteiger partial charge in [-0.15, -0.1) is 5.10 Å². The summed E-state index contributed by atoms with van der Waals surface area (Å²) in [6, 6.07) is 0.221. The van der Waals surface area contributed by atoms with Gasteiger partial charge in [-0.05, 0) is 13.3 Å². The molecule has 4 heterocycles. The van der Waals surface area contributed by atoms with Crippen molar-refractivity contribution in [2.45, 2.75) is 38.6 Å². The van der Waals surface area contributed by atoms with Gasteiger partial charge in [0.25, 0.3) is 0 Å². The number of aromatic nitrogens is 5. The van der Waals surface area contributed by atoms with E-state index in [1.165, 1.54) is 0 Å². The number of likely N-dealkylation sites (tertiary alicyclic amines) is 1. The van der Waals surface area contributed by atoms with Gasteiger partial charge in [0.05, 0.1) is 37.2 Å². The fourth-order valence-electron chi connectivity index (χ4n) is 2.98. The van der Waals surface area contributed by atoms with E-state index in [1.807, 2.05) is 11.6 Å². The van der Waals surface area contributed by atoms with E-state index in [-0.39, 0.29) is 12.1 Å². The summed E-state index contributed by atoms with van der Waals surface area (Å²) in [5.74, 6) is 1.34. The van der Waals surface area contributed by atoms with Gasteiger partial charge >= 0.3 is 0 Å². The van der Waals surface area contributed by atoms with E-state index in [9.17, 15) is 0 Å². The molecule has 20 heavy (non-hydrogen) atoms. The molecule has 2 aliphatic rings. The molecule has 4 rings (SSSR count). The van der Waals surface area contributed by atoms with Crippen LogP contribution in [0.25, 0.3) is 0 Å². The van der Waals surface area contributed by atoms with Gasteiger partial charge in [-0.25, -0.2) is 4.68 Å². The van der Waals surface area contributed by atoms with Crippen LogP contribution in [0.3, 0.4) is 0 Å². The zero-order chi connectivity index (χ0) is 13.5. The third-order valence-corrected chi connectivity index (χ3v) is 3.94. The van der Waals surface area contributed by atoms with E-state index < -0.39 is 0 Å².